The largest absolute Gasteiger partial charge is 0.497 e. The van der Waals surface area contributed by atoms with Gasteiger partial charge in [-0.15, -0.1) is 0 Å². The Labute approximate surface area is 173 Å². The molecule has 0 saturated carbocycles. The zero-order valence-corrected chi connectivity index (χ0v) is 16.6. The SMILES string of the molecule is COc1ccc(OC)c(NC(=O)C2(CC(=O)O)CC(C=Cc3ccccc3)=NO2)c1. The van der Waals surface area contributed by atoms with Crippen LogP contribution in [-0.4, -0.2) is 42.5 Å². The molecule has 0 saturated heterocycles. The highest BCUT2D eigenvalue weighted by Crippen LogP contribution is 2.34. The summed E-state index contributed by atoms with van der Waals surface area (Å²) in [6, 6.07) is 14.4. The van der Waals surface area contributed by atoms with Crippen LogP contribution in [0.1, 0.15) is 18.4 Å². The number of anilines is 1. The lowest BCUT2D eigenvalue weighted by Gasteiger charge is -2.24. The minimum Gasteiger partial charge on any atom is -0.497 e. The van der Waals surface area contributed by atoms with Gasteiger partial charge in [-0.2, -0.15) is 0 Å². The lowest BCUT2D eigenvalue weighted by Crippen LogP contribution is -2.45. The zero-order chi connectivity index (χ0) is 21.6. The third-order valence-electron chi connectivity index (χ3n) is 4.58. The minimum atomic E-state index is -1.67. The van der Waals surface area contributed by atoms with Crippen molar-refractivity contribution >= 4 is 29.4 Å². The van der Waals surface area contributed by atoms with Crippen molar-refractivity contribution in [3.05, 3.63) is 60.2 Å². The van der Waals surface area contributed by atoms with Gasteiger partial charge in [0, 0.05) is 12.5 Å². The van der Waals surface area contributed by atoms with Gasteiger partial charge in [-0.05, 0) is 23.8 Å². The molecule has 3 rings (SSSR count). The van der Waals surface area contributed by atoms with Gasteiger partial charge < -0.3 is 24.7 Å². The van der Waals surface area contributed by atoms with Crippen molar-refractivity contribution in [1.82, 2.24) is 0 Å². The molecule has 2 aromatic rings. The number of hydrogen-bond acceptors (Lipinski definition) is 6. The van der Waals surface area contributed by atoms with Gasteiger partial charge in [-0.25, -0.2) is 0 Å². The molecule has 1 unspecified atom stereocenters. The molecule has 156 valence electrons. The quantitative estimate of drug-likeness (QED) is 0.691. The molecule has 30 heavy (non-hydrogen) atoms. The van der Waals surface area contributed by atoms with Crippen LogP contribution in [-0.2, 0) is 14.4 Å². The first kappa shape index (κ1) is 20.9. The van der Waals surface area contributed by atoms with Gasteiger partial charge in [-0.3, -0.25) is 9.59 Å². The van der Waals surface area contributed by atoms with E-state index >= 15 is 0 Å². The van der Waals surface area contributed by atoms with E-state index in [2.05, 4.69) is 10.5 Å². The number of carboxylic acid groups (broad SMARTS) is 1. The summed E-state index contributed by atoms with van der Waals surface area (Å²) in [4.78, 5) is 29.9. The van der Waals surface area contributed by atoms with Crippen molar-refractivity contribution in [2.75, 3.05) is 19.5 Å². The van der Waals surface area contributed by atoms with Gasteiger partial charge in [0.25, 0.3) is 5.91 Å². The number of rotatable bonds is 8. The van der Waals surface area contributed by atoms with E-state index in [-0.39, 0.29) is 6.42 Å². The van der Waals surface area contributed by atoms with E-state index < -0.39 is 23.9 Å². The Bertz CT molecular complexity index is 986. The van der Waals surface area contributed by atoms with Crippen LogP contribution in [0.25, 0.3) is 6.08 Å². The maximum absolute atomic E-state index is 13.1. The van der Waals surface area contributed by atoms with Crippen molar-refractivity contribution in [3.8, 4) is 11.5 Å². The molecule has 1 heterocycles. The number of nitrogens with zero attached hydrogens (tertiary/aromatic N) is 1. The fourth-order valence-electron chi connectivity index (χ4n) is 3.04. The molecule has 0 fully saturated rings. The van der Waals surface area contributed by atoms with Crippen LogP contribution < -0.4 is 14.8 Å². The van der Waals surface area contributed by atoms with Crippen LogP contribution in [0, 0.1) is 0 Å². The maximum atomic E-state index is 13.1. The molecule has 0 bridgehead atoms. The summed E-state index contributed by atoms with van der Waals surface area (Å²) in [5, 5.41) is 16.0. The Hall–Kier alpha value is -3.81. The number of carboxylic acids is 1. The standard InChI is InChI=1S/C22H22N2O6/c1-28-17-10-11-19(29-2)18(12-17)23-21(27)22(14-20(25)26)13-16(24-30-22)9-8-15-6-4-3-5-7-15/h3-12H,13-14H2,1-2H3,(H,23,27)(H,25,26). The van der Waals surface area contributed by atoms with Crippen molar-refractivity contribution < 1.29 is 29.0 Å². The van der Waals surface area contributed by atoms with Crippen LogP contribution in [0.2, 0.25) is 0 Å². The third kappa shape index (κ3) is 4.78. The van der Waals surface area contributed by atoms with E-state index in [1.807, 2.05) is 36.4 Å². The molecule has 8 nitrogen and oxygen atoms in total. The van der Waals surface area contributed by atoms with E-state index in [0.717, 1.165) is 5.56 Å². The molecule has 2 aromatic carbocycles. The number of benzene rings is 2. The second-order valence-electron chi connectivity index (χ2n) is 6.68. The van der Waals surface area contributed by atoms with Crippen molar-refractivity contribution in [2.45, 2.75) is 18.4 Å². The smallest absolute Gasteiger partial charge is 0.308 e. The molecule has 1 aliphatic rings. The molecular formula is C22H22N2O6. The van der Waals surface area contributed by atoms with E-state index in [9.17, 15) is 14.7 Å². The van der Waals surface area contributed by atoms with Gasteiger partial charge in [-0.1, -0.05) is 41.6 Å². The number of aliphatic carboxylic acids is 1. The molecule has 1 amide bonds. The predicted octanol–water partition coefficient (Wildman–Crippen LogP) is 3.35. The molecule has 0 aromatic heterocycles. The van der Waals surface area contributed by atoms with Gasteiger partial charge >= 0.3 is 5.97 Å². The summed E-state index contributed by atoms with van der Waals surface area (Å²) in [7, 11) is 2.96. The van der Waals surface area contributed by atoms with Crippen molar-refractivity contribution in [2.24, 2.45) is 5.16 Å². The Morgan fingerprint density at radius 1 is 1.17 bits per heavy atom. The Balaban J connectivity index is 1.80. The van der Waals surface area contributed by atoms with Crippen molar-refractivity contribution in [3.63, 3.8) is 0 Å². The first-order valence-corrected chi connectivity index (χ1v) is 9.19. The topological polar surface area (TPSA) is 106 Å². The average molecular weight is 410 g/mol. The summed E-state index contributed by atoms with van der Waals surface area (Å²) >= 11 is 0. The monoisotopic (exact) mass is 410 g/mol. The van der Waals surface area contributed by atoms with Crippen LogP contribution in [0.3, 0.4) is 0 Å². The summed E-state index contributed by atoms with van der Waals surface area (Å²) in [5.41, 5.74) is 0.0777. The third-order valence-corrected chi connectivity index (χ3v) is 4.58. The van der Waals surface area contributed by atoms with Gasteiger partial charge in [0.15, 0.2) is 0 Å². The van der Waals surface area contributed by atoms with E-state index in [1.54, 1.807) is 24.3 Å². The number of hydrogen-bond donors (Lipinski definition) is 2. The zero-order valence-electron chi connectivity index (χ0n) is 16.6. The normalized spacial score (nSPS) is 17.9. The number of carbonyl (C=O) groups excluding carboxylic acids is 1. The number of allylic oxidation sites excluding steroid dienone is 1. The van der Waals surface area contributed by atoms with E-state index in [4.69, 9.17) is 14.3 Å². The summed E-state index contributed by atoms with van der Waals surface area (Å²) in [5.74, 6) is -0.902. The Morgan fingerprint density at radius 3 is 2.60 bits per heavy atom. The van der Waals surface area contributed by atoms with E-state index in [1.165, 1.54) is 14.2 Å². The number of ether oxygens (including phenoxy) is 2. The van der Waals surface area contributed by atoms with Crippen molar-refractivity contribution in [1.29, 1.82) is 0 Å². The molecule has 2 N–H and O–H groups in total. The first-order valence-electron chi connectivity index (χ1n) is 9.19. The number of carbonyl (C=O) groups is 2. The van der Waals surface area contributed by atoms with Crippen LogP contribution in [0.4, 0.5) is 5.69 Å². The first-order chi connectivity index (χ1) is 14.5. The van der Waals surface area contributed by atoms with Gasteiger partial charge in [0.2, 0.25) is 5.60 Å². The fraction of sp³-hybridized carbons (Fsp3) is 0.227. The van der Waals surface area contributed by atoms with E-state index in [0.29, 0.717) is 22.9 Å². The number of oxime groups is 1. The Morgan fingerprint density at radius 2 is 1.93 bits per heavy atom. The molecule has 0 radical (unpaired) electrons. The summed E-state index contributed by atoms with van der Waals surface area (Å²) in [6.07, 6.45) is 3.00. The van der Waals surface area contributed by atoms with Crippen LogP contribution >= 0.6 is 0 Å². The second kappa shape index (κ2) is 9.13. The average Bonchev–Trinajstić information content (AvgIpc) is 3.16. The fourth-order valence-corrected chi connectivity index (χ4v) is 3.04. The minimum absolute atomic E-state index is 0.0146. The number of nitrogens with one attached hydrogen (secondary N) is 1. The highest BCUT2D eigenvalue weighted by molar-refractivity contribution is 6.08. The maximum Gasteiger partial charge on any atom is 0.308 e. The predicted molar refractivity (Wildman–Crippen MR) is 112 cm³/mol. The van der Waals surface area contributed by atoms with Crippen LogP contribution in [0.15, 0.2) is 59.8 Å². The molecule has 0 spiro atoms. The number of methoxy groups -OCH3 is 2. The summed E-state index contributed by atoms with van der Waals surface area (Å²) in [6.45, 7) is 0. The summed E-state index contributed by atoms with van der Waals surface area (Å²) < 4.78 is 10.4. The lowest BCUT2D eigenvalue weighted by atomic mass is 9.92. The van der Waals surface area contributed by atoms with Gasteiger partial charge in [0.05, 0.1) is 32.0 Å². The van der Waals surface area contributed by atoms with Crippen LogP contribution in [0.5, 0.6) is 11.5 Å². The molecule has 1 aliphatic heterocycles. The molecule has 0 aliphatic carbocycles. The highest BCUT2D eigenvalue weighted by Gasteiger charge is 2.48. The number of amides is 1. The highest BCUT2D eigenvalue weighted by atomic mass is 16.7. The van der Waals surface area contributed by atoms with Gasteiger partial charge in [0.1, 0.15) is 11.5 Å². The molecule has 1 atom stereocenters. The lowest BCUT2D eigenvalue weighted by molar-refractivity contribution is -0.152. The molecular weight excluding hydrogens is 388 g/mol. The Kier molecular flexibility index (Phi) is 6.36. The molecule has 8 heteroatoms. The second-order valence-corrected chi connectivity index (χ2v) is 6.68.